The van der Waals surface area contributed by atoms with E-state index in [1.807, 2.05) is 18.5 Å². The van der Waals surface area contributed by atoms with Crippen molar-refractivity contribution in [3.8, 4) is 0 Å². The summed E-state index contributed by atoms with van der Waals surface area (Å²) in [6.07, 6.45) is 6.33. The number of likely N-dealkylation sites (tertiary alicyclic amines) is 1. The average Bonchev–Trinajstić information content (AvgIpc) is 2.32. The fraction of sp³-hybridized carbons (Fsp3) is 0.643. The zero-order chi connectivity index (χ0) is 11.9. The van der Waals surface area contributed by atoms with E-state index in [2.05, 4.69) is 28.2 Å². The second kappa shape index (κ2) is 6.72. The molecule has 1 aliphatic heterocycles. The molecule has 1 aliphatic rings. The predicted molar refractivity (Wildman–Crippen MR) is 70.8 cm³/mol. The van der Waals surface area contributed by atoms with Crippen LogP contribution in [0, 0.1) is 5.92 Å². The molecule has 0 spiro atoms. The van der Waals surface area contributed by atoms with E-state index in [4.69, 9.17) is 0 Å². The van der Waals surface area contributed by atoms with E-state index >= 15 is 0 Å². The van der Waals surface area contributed by atoms with Crippen LogP contribution in [-0.2, 0) is 6.54 Å². The zero-order valence-electron chi connectivity index (χ0n) is 10.7. The standard InChI is InChI=1S/C14H23N3/c1-2-13-11-17(12-13)8-4-7-16-10-14-5-3-6-15-9-14/h3,5-6,9,13,16H,2,4,7-8,10-12H2,1H3. The molecule has 0 amide bonds. The monoisotopic (exact) mass is 233 g/mol. The third-order valence-corrected chi connectivity index (χ3v) is 3.49. The van der Waals surface area contributed by atoms with Gasteiger partial charge >= 0.3 is 0 Å². The molecule has 1 fully saturated rings. The van der Waals surface area contributed by atoms with Gasteiger partial charge in [-0.2, -0.15) is 0 Å². The summed E-state index contributed by atoms with van der Waals surface area (Å²) in [5.74, 6) is 0.971. The highest BCUT2D eigenvalue weighted by Gasteiger charge is 2.23. The molecule has 2 rings (SSSR count). The molecule has 1 aromatic heterocycles. The Labute approximate surface area is 104 Å². The fourth-order valence-corrected chi connectivity index (χ4v) is 2.28. The second-order valence-electron chi connectivity index (χ2n) is 4.93. The van der Waals surface area contributed by atoms with Gasteiger partial charge in [-0.25, -0.2) is 0 Å². The molecular weight excluding hydrogens is 210 g/mol. The Bertz CT molecular complexity index is 307. The van der Waals surface area contributed by atoms with Crippen LogP contribution in [0.25, 0.3) is 0 Å². The van der Waals surface area contributed by atoms with Crippen molar-refractivity contribution in [2.45, 2.75) is 26.3 Å². The van der Waals surface area contributed by atoms with Crippen LogP contribution in [0.5, 0.6) is 0 Å². The van der Waals surface area contributed by atoms with Crippen molar-refractivity contribution in [1.29, 1.82) is 0 Å². The zero-order valence-corrected chi connectivity index (χ0v) is 10.7. The number of nitrogens with one attached hydrogen (secondary N) is 1. The molecular formula is C14H23N3. The summed E-state index contributed by atoms with van der Waals surface area (Å²) < 4.78 is 0. The Balaban J connectivity index is 1.47. The molecule has 0 saturated carbocycles. The van der Waals surface area contributed by atoms with Gasteiger partial charge in [0.25, 0.3) is 0 Å². The van der Waals surface area contributed by atoms with Crippen molar-refractivity contribution in [3.05, 3.63) is 30.1 Å². The predicted octanol–water partition coefficient (Wildman–Crippen LogP) is 1.90. The van der Waals surface area contributed by atoms with Gasteiger partial charge < -0.3 is 10.2 Å². The van der Waals surface area contributed by atoms with Gasteiger partial charge in [0.2, 0.25) is 0 Å². The molecule has 17 heavy (non-hydrogen) atoms. The highest BCUT2D eigenvalue weighted by atomic mass is 15.2. The molecule has 3 heteroatoms. The van der Waals surface area contributed by atoms with E-state index in [1.54, 1.807) is 0 Å². The number of rotatable bonds is 7. The van der Waals surface area contributed by atoms with E-state index in [0.29, 0.717) is 0 Å². The normalized spacial score (nSPS) is 17.0. The first-order valence-electron chi connectivity index (χ1n) is 6.70. The third-order valence-electron chi connectivity index (χ3n) is 3.49. The summed E-state index contributed by atoms with van der Waals surface area (Å²) in [6, 6.07) is 4.10. The van der Waals surface area contributed by atoms with Crippen molar-refractivity contribution in [1.82, 2.24) is 15.2 Å². The lowest BCUT2D eigenvalue weighted by atomic mass is 9.97. The minimum absolute atomic E-state index is 0.936. The molecule has 94 valence electrons. The molecule has 1 N–H and O–H groups in total. The van der Waals surface area contributed by atoms with Gasteiger partial charge in [-0.3, -0.25) is 4.98 Å². The molecule has 0 unspecified atom stereocenters. The van der Waals surface area contributed by atoms with Crippen LogP contribution in [0.1, 0.15) is 25.3 Å². The van der Waals surface area contributed by atoms with Gasteiger partial charge in [0.05, 0.1) is 0 Å². The Hall–Kier alpha value is -0.930. The van der Waals surface area contributed by atoms with Gasteiger partial charge in [0.1, 0.15) is 0 Å². The average molecular weight is 233 g/mol. The van der Waals surface area contributed by atoms with Gasteiger partial charge in [-0.05, 0) is 37.1 Å². The van der Waals surface area contributed by atoms with Crippen LogP contribution in [-0.4, -0.2) is 36.1 Å². The number of aromatic nitrogens is 1. The SMILES string of the molecule is CCC1CN(CCCNCc2cccnc2)C1. The van der Waals surface area contributed by atoms with Crippen LogP contribution in [0.2, 0.25) is 0 Å². The Morgan fingerprint density at radius 1 is 1.47 bits per heavy atom. The Morgan fingerprint density at radius 3 is 3.06 bits per heavy atom. The summed E-state index contributed by atoms with van der Waals surface area (Å²) >= 11 is 0. The maximum Gasteiger partial charge on any atom is 0.0312 e. The summed E-state index contributed by atoms with van der Waals surface area (Å²) in [7, 11) is 0. The molecule has 0 atom stereocenters. The highest BCUT2D eigenvalue weighted by molar-refractivity contribution is 5.07. The van der Waals surface area contributed by atoms with Crippen molar-refractivity contribution in [2.75, 3.05) is 26.2 Å². The summed E-state index contributed by atoms with van der Waals surface area (Å²) in [5, 5.41) is 3.46. The Morgan fingerprint density at radius 2 is 2.35 bits per heavy atom. The van der Waals surface area contributed by atoms with Gasteiger partial charge in [-0.15, -0.1) is 0 Å². The van der Waals surface area contributed by atoms with E-state index < -0.39 is 0 Å². The minimum atomic E-state index is 0.936. The van der Waals surface area contributed by atoms with E-state index in [1.165, 1.54) is 38.0 Å². The van der Waals surface area contributed by atoms with Gasteiger partial charge in [-0.1, -0.05) is 19.4 Å². The third kappa shape index (κ3) is 4.10. The lowest BCUT2D eigenvalue weighted by Crippen LogP contribution is -2.46. The van der Waals surface area contributed by atoms with Crippen LogP contribution < -0.4 is 5.32 Å². The fourth-order valence-electron chi connectivity index (χ4n) is 2.28. The number of pyridine rings is 1. The maximum absolute atomic E-state index is 4.10. The van der Waals surface area contributed by atoms with Crippen molar-refractivity contribution in [3.63, 3.8) is 0 Å². The molecule has 0 bridgehead atoms. The van der Waals surface area contributed by atoms with Gasteiger partial charge in [0, 0.05) is 32.0 Å². The molecule has 0 aromatic carbocycles. The first-order chi connectivity index (χ1) is 8.38. The summed E-state index contributed by atoms with van der Waals surface area (Å²) in [6.45, 7) is 8.21. The smallest absolute Gasteiger partial charge is 0.0312 e. The molecule has 0 radical (unpaired) electrons. The molecule has 1 aromatic rings. The summed E-state index contributed by atoms with van der Waals surface area (Å²) in [4.78, 5) is 6.66. The van der Waals surface area contributed by atoms with Crippen molar-refractivity contribution < 1.29 is 0 Å². The second-order valence-corrected chi connectivity index (χ2v) is 4.93. The van der Waals surface area contributed by atoms with E-state index in [9.17, 15) is 0 Å². The first kappa shape index (κ1) is 12.5. The summed E-state index contributed by atoms with van der Waals surface area (Å²) in [5.41, 5.74) is 1.27. The van der Waals surface area contributed by atoms with E-state index in [-0.39, 0.29) is 0 Å². The molecule has 3 nitrogen and oxygen atoms in total. The highest BCUT2D eigenvalue weighted by Crippen LogP contribution is 2.17. The minimum Gasteiger partial charge on any atom is -0.313 e. The lowest BCUT2D eigenvalue weighted by molar-refractivity contribution is 0.0966. The molecule has 1 saturated heterocycles. The molecule has 0 aliphatic carbocycles. The van der Waals surface area contributed by atoms with Crippen LogP contribution >= 0.6 is 0 Å². The Kier molecular flexibility index (Phi) is 4.95. The number of hydrogen-bond donors (Lipinski definition) is 1. The van der Waals surface area contributed by atoms with E-state index in [0.717, 1.165) is 19.0 Å². The quantitative estimate of drug-likeness (QED) is 0.729. The number of nitrogens with zero attached hydrogens (tertiary/aromatic N) is 2. The van der Waals surface area contributed by atoms with Crippen LogP contribution in [0.3, 0.4) is 0 Å². The van der Waals surface area contributed by atoms with Gasteiger partial charge in [0.15, 0.2) is 0 Å². The maximum atomic E-state index is 4.10. The lowest BCUT2D eigenvalue weighted by Gasteiger charge is -2.38. The largest absolute Gasteiger partial charge is 0.313 e. The number of hydrogen-bond acceptors (Lipinski definition) is 3. The van der Waals surface area contributed by atoms with Crippen molar-refractivity contribution >= 4 is 0 Å². The van der Waals surface area contributed by atoms with Crippen LogP contribution in [0.15, 0.2) is 24.5 Å². The van der Waals surface area contributed by atoms with Crippen molar-refractivity contribution in [2.24, 2.45) is 5.92 Å². The molecule has 2 heterocycles. The first-order valence-corrected chi connectivity index (χ1v) is 6.70. The van der Waals surface area contributed by atoms with Crippen LogP contribution in [0.4, 0.5) is 0 Å². The topological polar surface area (TPSA) is 28.2 Å².